The van der Waals surface area contributed by atoms with Gasteiger partial charge in [-0.3, -0.25) is 9.78 Å². The van der Waals surface area contributed by atoms with Crippen molar-refractivity contribution < 1.29 is 9.53 Å². The van der Waals surface area contributed by atoms with Gasteiger partial charge in [0, 0.05) is 18.1 Å². The number of fused-ring (bicyclic) bond motifs is 1. The van der Waals surface area contributed by atoms with E-state index in [0.717, 1.165) is 42.0 Å². The summed E-state index contributed by atoms with van der Waals surface area (Å²) < 4.78 is 5.29. The summed E-state index contributed by atoms with van der Waals surface area (Å²) in [6, 6.07) is 1.79. The van der Waals surface area contributed by atoms with E-state index in [-0.39, 0.29) is 12.1 Å². The largest absolute Gasteiger partial charge is 0.456 e. The second-order valence-electron chi connectivity index (χ2n) is 4.00. The molecule has 1 aliphatic rings. The van der Waals surface area contributed by atoms with Crippen LogP contribution in [0.3, 0.4) is 0 Å². The second-order valence-corrected chi connectivity index (χ2v) is 4.41. The number of pyridine rings is 1. The minimum Gasteiger partial charge on any atom is -0.456 e. The maximum absolute atomic E-state index is 11.0. The minimum atomic E-state index is -0.264. The van der Waals surface area contributed by atoms with Crippen LogP contribution in [0.1, 0.15) is 43.5 Å². The molecule has 0 spiro atoms. The van der Waals surface area contributed by atoms with E-state index in [4.69, 9.17) is 16.3 Å². The SMILES string of the molecule is CC(=O)OC1CCCCc2c(Cl)ccnc21. The summed E-state index contributed by atoms with van der Waals surface area (Å²) in [4.78, 5) is 15.3. The number of hydrogen-bond acceptors (Lipinski definition) is 3. The third-order valence-electron chi connectivity index (χ3n) is 2.79. The van der Waals surface area contributed by atoms with Crippen LogP contribution >= 0.6 is 11.6 Å². The summed E-state index contributed by atoms with van der Waals surface area (Å²) in [5.41, 5.74) is 1.87. The first-order valence-electron chi connectivity index (χ1n) is 5.49. The van der Waals surface area contributed by atoms with Crippen LogP contribution in [0.5, 0.6) is 0 Å². The standard InChI is InChI=1S/C12H14ClNO2/c1-8(15)16-11-5-3-2-4-9-10(13)6-7-14-12(9)11/h6-7,11H,2-5H2,1H3. The van der Waals surface area contributed by atoms with Crippen LogP contribution in [-0.2, 0) is 16.0 Å². The summed E-state index contributed by atoms with van der Waals surface area (Å²) in [6.07, 6.45) is 5.29. The molecule has 1 atom stereocenters. The molecule has 0 bridgehead atoms. The van der Waals surface area contributed by atoms with Crippen LogP contribution in [-0.4, -0.2) is 11.0 Å². The van der Waals surface area contributed by atoms with E-state index in [1.54, 1.807) is 12.3 Å². The molecule has 86 valence electrons. The van der Waals surface area contributed by atoms with Gasteiger partial charge in [0.05, 0.1) is 5.69 Å². The van der Waals surface area contributed by atoms with E-state index in [1.807, 2.05) is 0 Å². The Balaban J connectivity index is 2.36. The van der Waals surface area contributed by atoms with E-state index in [0.29, 0.717) is 0 Å². The Kier molecular flexibility index (Phi) is 3.44. The second kappa shape index (κ2) is 4.83. The molecule has 0 saturated heterocycles. The summed E-state index contributed by atoms with van der Waals surface area (Å²) in [7, 11) is 0. The molecule has 1 heterocycles. The van der Waals surface area contributed by atoms with Crippen molar-refractivity contribution >= 4 is 17.6 Å². The number of rotatable bonds is 1. The Morgan fingerprint density at radius 3 is 3.12 bits per heavy atom. The zero-order chi connectivity index (χ0) is 11.5. The third kappa shape index (κ3) is 2.35. The average Bonchev–Trinajstić information content (AvgIpc) is 2.42. The number of carbonyl (C=O) groups is 1. The van der Waals surface area contributed by atoms with Crippen LogP contribution in [0.25, 0.3) is 0 Å². The van der Waals surface area contributed by atoms with Gasteiger partial charge in [0.15, 0.2) is 0 Å². The van der Waals surface area contributed by atoms with Gasteiger partial charge in [0.25, 0.3) is 0 Å². The van der Waals surface area contributed by atoms with Crippen molar-refractivity contribution in [3.63, 3.8) is 0 Å². The molecule has 0 fully saturated rings. The van der Waals surface area contributed by atoms with Crippen molar-refractivity contribution in [1.29, 1.82) is 0 Å². The van der Waals surface area contributed by atoms with Crippen LogP contribution in [0, 0.1) is 0 Å². The van der Waals surface area contributed by atoms with Crippen LogP contribution in [0.2, 0.25) is 5.02 Å². The van der Waals surface area contributed by atoms with Gasteiger partial charge < -0.3 is 4.74 Å². The summed E-state index contributed by atoms with van der Waals surface area (Å²) in [5.74, 6) is -0.264. The maximum Gasteiger partial charge on any atom is 0.303 e. The zero-order valence-electron chi connectivity index (χ0n) is 9.20. The lowest BCUT2D eigenvalue weighted by molar-refractivity contribution is -0.147. The lowest BCUT2D eigenvalue weighted by atomic mass is 10.1. The van der Waals surface area contributed by atoms with Crippen molar-refractivity contribution in [3.8, 4) is 0 Å². The highest BCUT2D eigenvalue weighted by Crippen LogP contribution is 2.33. The van der Waals surface area contributed by atoms with Gasteiger partial charge in [-0.15, -0.1) is 0 Å². The fourth-order valence-electron chi connectivity index (χ4n) is 2.09. The molecule has 2 rings (SSSR count). The monoisotopic (exact) mass is 239 g/mol. The summed E-state index contributed by atoms with van der Waals surface area (Å²) >= 11 is 6.14. The van der Waals surface area contributed by atoms with Gasteiger partial charge in [-0.1, -0.05) is 11.6 Å². The van der Waals surface area contributed by atoms with E-state index >= 15 is 0 Å². The van der Waals surface area contributed by atoms with Gasteiger partial charge in [0.1, 0.15) is 6.10 Å². The van der Waals surface area contributed by atoms with Gasteiger partial charge in [-0.05, 0) is 37.3 Å². The topological polar surface area (TPSA) is 39.2 Å². The van der Waals surface area contributed by atoms with Crippen molar-refractivity contribution in [2.24, 2.45) is 0 Å². The smallest absolute Gasteiger partial charge is 0.303 e. The fourth-order valence-corrected chi connectivity index (χ4v) is 2.34. The molecule has 0 radical (unpaired) electrons. The Hall–Kier alpha value is -1.09. The number of esters is 1. The molecule has 0 aliphatic heterocycles. The zero-order valence-corrected chi connectivity index (χ0v) is 9.96. The number of nitrogens with zero attached hydrogens (tertiary/aromatic N) is 1. The van der Waals surface area contributed by atoms with Gasteiger partial charge in [0.2, 0.25) is 0 Å². The first-order chi connectivity index (χ1) is 7.68. The van der Waals surface area contributed by atoms with Crippen LogP contribution in [0.15, 0.2) is 12.3 Å². The number of halogens is 1. The molecule has 0 amide bonds. The Morgan fingerprint density at radius 1 is 1.56 bits per heavy atom. The number of ether oxygens (including phenoxy) is 1. The number of hydrogen-bond donors (Lipinski definition) is 0. The van der Waals surface area contributed by atoms with Gasteiger partial charge in [-0.2, -0.15) is 0 Å². The maximum atomic E-state index is 11.0. The first kappa shape index (κ1) is 11.4. The minimum absolute atomic E-state index is 0.228. The Morgan fingerprint density at radius 2 is 2.38 bits per heavy atom. The lowest BCUT2D eigenvalue weighted by Gasteiger charge is -2.16. The molecule has 1 unspecified atom stereocenters. The third-order valence-corrected chi connectivity index (χ3v) is 3.14. The van der Waals surface area contributed by atoms with Crippen molar-refractivity contribution in [2.45, 2.75) is 38.7 Å². The molecule has 4 heteroatoms. The quantitative estimate of drug-likeness (QED) is 0.559. The highest BCUT2D eigenvalue weighted by molar-refractivity contribution is 6.31. The van der Waals surface area contributed by atoms with Gasteiger partial charge in [-0.25, -0.2) is 0 Å². The van der Waals surface area contributed by atoms with E-state index in [2.05, 4.69) is 4.98 Å². The molecule has 1 aromatic heterocycles. The van der Waals surface area contributed by atoms with Crippen molar-refractivity contribution in [2.75, 3.05) is 0 Å². The van der Waals surface area contributed by atoms with Crippen LogP contribution < -0.4 is 0 Å². The molecule has 0 aromatic carbocycles. The predicted octanol–water partition coefficient (Wildman–Crippen LogP) is 3.07. The molecule has 3 nitrogen and oxygen atoms in total. The lowest BCUT2D eigenvalue weighted by Crippen LogP contribution is -2.11. The number of aromatic nitrogens is 1. The molecular weight excluding hydrogens is 226 g/mol. The molecule has 1 aromatic rings. The molecule has 16 heavy (non-hydrogen) atoms. The molecule has 1 aliphatic carbocycles. The average molecular weight is 240 g/mol. The predicted molar refractivity (Wildman–Crippen MR) is 61.3 cm³/mol. The highest BCUT2D eigenvalue weighted by atomic mass is 35.5. The molecule has 0 N–H and O–H groups in total. The van der Waals surface area contributed by atoms with E-state index < -0.39 is 0 Å². The van der Waals surface area contributed by atoms with Gasteiger partial charge >= 0.3 is 5.97 Å². The summed E-state index contributed by atoms with van der Waals surface area (Å²) in [6.45, 7) is 1.43. The number of carbonyl (C=O) groups excluding carboxylic acids is 1. The fraction of sp³-hybridized carbons (Fsp3) is 0.500. The summed E-state index contributed by atoms with van der Waals surface area (Å²) in [5, 5.41) is 0.726. The first-order valence-corrected chi connectivity index (χ1v) is 5.87. The normalized spacial score (nSPS) is 19.8. The molecule has 0 saturated carbocycles. The Labute approximate surface area is 99.8 Å². The van der Waals surface area contributed by atoms with Crippen molar-refractivity contribution in [1.82, 2.24) is 4.98 Å². The highest BCUT2D eigenvalue weighted by Gasteiger charge is 2.23. The van der Waals surface area contributed by atoms with Crippen molar-refractivity contribution in [3.05, 3.63) is 28.5 Å². The Bertz CT molecular complexity index is 406. The molecular formula is C12H14ClNO2. The van der Waals surface area contributed by atoms with Crippen LogP contribution in [0.4, 0.5) is 0 Å². The van der Waals surface area contributed by atoms with E-state index in [9.17, 15) is 4.79 Å². The van der Waals surface area contributed by atoms with E-state index in [1.165, 1.54) is 6.92 Å².